The summed E-state index contributed by atoms with van der Waals surface area (Å²) in [5.41, 5.74) is 2.37. The molecule has 0 spiro atoms. The number of rotatable bonds is 9. The lowest BCUT2D eigenvalue weighted by Gasteiger charge is -2.28. The van der Waals surface area contributed by atoms with E-state index in [1.165, 1.54) is 6.26 Å². The van der Waals surface area contributed by atoms with Crippen molar-refractivity contribution in [2.75, 3.05) is 13.2 Å². The van der Waals surface area contributed by atoms with Crippen LogP contribution >= 0.6 is 23.2 Å². The van der Waals surface area contributed by atoms with E-state index >= 15 is 0 Å². The molecule has 1 fully saturated rings. The number of amides is 1. The van der Waals surface area contributed by atoms with Crippen LogP contribution in [0.5, 0.6) is 0 Å². The highest BCUT2D eigenvalue weighted by Gasteiger charge is 2.22. The quantitative estimate of drug-likeness (QED) is 0.422. The lowest BCUT2D eigenvalue weighted by molar-refractivity contribution is 0.0853. The molecule has 6 nitrogen and oxygen atoms in total. The van der Waals surface area contributed by atoms with E-state index in [-0.39, 0.29) is 23.7 Å². The third-order valence-corrected chi connectivity index (χ3v) is 6.44. The van der Waals surface area contributed by atoms with E-state index in [9.17, 15) is 4.79 Å². The Hall–Kier alpha value is -2.38. The Balaban J connectivity index is 1.48. The zero-order valence-corrected chi connectivity index (χ0v) is 20.0. The fourth-order valence-corrected chi connectivity index (χ4v) is 4.37. The van der Waals surface area contributed by atoms with Gasteiger partial charge in [-0.25, -0.2) is 4.98 Å². The van der Waals surface area contributed by atoms with Gasteiger partial charge in [-0.15, -0.1) is 0 Å². The van der Waals surface area contributed by atoms with Gasteiger partial charge in [-0.3, -0.25) is 9.69 Å². The second kappa shape index (κ2) is 11.2. The molecule has 1 aliphatic heterocycles. The van der Waals surface area contributed by atoms with Crippen molar-refractivity contribution in [1.82, 2.24) is 15.2 Å². The van der Waals surface area contributed by atoms with Gasteiger partial charge in [0.15, 0.2) is 5.69 Å². The maximum atomic E-state index is 12.5. The molecule has 0 bridgehead atoms. The molecule has 0 radical (unpaired) electrons. The number of ether oxygens (including phenoxy) is 1. The van der Waals surface area contributed by atoms with Crippen LogP contribution in [0.3, 0.4) is 0 Å². The van der Waals surface area contributed by atoms with Gasteiger partial charge in [-0.05, 0) is 43.0 Å². The molecule has 3 aromatic rings. The Morgan fingerprint density at radius 1 is 1.21 bits per heavy atom. The number of halogens is 2. The van der Waals surface area contributed by atoms with Crippen molar-refractivity contribution in [3.8, 4) is 0 Å². The van der Waals surface area contributed by atoms with E-state index < -0.39 is 0 Å². The number of carbonyl (C=O) groups is 1. The van der Waals surface area contributed by atoms with Gasteiger partial charge < -0.3 is 14.5 Å². The van der Waals surface area contributed by atoms with Gasteiger partial charge in [0.2, 0.25) is 5.89 Å². The normalized spacial score (nSPS) is 16.8. The van der Waals surface area contributed by atoms with Crippen LogP contribution in [0.1, 0.15) is 53.3 Å². The Labute approximate surface area is 203 Å². The van der Waals surface area contributed by atoms with Crippen LogP contribution in [0.25, 0.3) is 0 Å². The Bertz CT molecular complexity index is 1070. The van der Waals surface area contributed by atoms with Crippen LogP contribution in [0.4, 0.5) is 0 Å². The summed E-state index contributed by atoms with van der Waals surface area (Å²) in [5.74, 6) is 0.203. The number of aromatic nitrogens is 1. The van der Waals surface area contributed by atoms with E-state index in [4.69, 9.17) is 32.4 Å². The van der Waals surface area contributed by atoms with Crippen molar-refractivity contribution in [3.05, 3.63) is 87.6 Å². The molecule has 1 saturated heterocycles. The summed E-state index contributed by atoms with van der Waals surface area (Å²) in [7, 11) is 0. The van der Waals surface area contributed by atoms with Gasteiger partial charge in [0, 0.05) is 35.8 Å². The highest BCUT2D eigenvalue weighted by Crippen LogP contribution is 2.28. The zero-order chi connectivity index (χ0) is 23.2. The van der Waals surface area contributed by atoms with Gasteiger partial charge in [0.25, 0.3) is 5.91 Å². The van der Waals surface area contributed by atoms with E-state index in [1.807, 2.05) is 30.3 Å². The molecule has 2 atom stereocenters. The summed E-state index contributed by atoms with van der Waals surface area (Å²) in [6.07, 6.45) is 3.47. The Morgan fingerprint density at radius 3 is 2.76 bits per heavy atom. The molecule has 1 aromatic heterocycles. The van der Waals surface area contributed by atoms with E-state index in [1.54, 1.807) is 6.07 Å². The fourth-order valence-electron chi connectivity index (χ4n) is 3.90. The predicted molar refractivity (Wildman–Crippen MR) is 128 cm³/mol. The molecule has 0 aliphatic carbocycles. The maximum absolute atomic E-state index is 12.5. The summed E-state index contributed by atoms with van der Waals surface area (Å²) >= 11 is 12.5. The van der Waals surface area contributed by atoms with Crippen LogP contribution in [-0.2, 0) is 17.8 Å². The molecule has 2 heterocycles. The van der Waals surface area contributed by atoms with Crippen LogP contribution in [-0.4, -0.2) is 35.0 Å². The lowest BCUT2D eigenvalue weighted by Crippen LogP contribution is -2.32. The summed E-state index contributed by atoms with van der Waals surface area (Å²) in [4.78, 5) is 19.1. The van der Waals surface area contributed by atoms with Crippen molar-refractivity contribution in [3.63, 3.8) is 0 Å². The molecule has 4 rings (SSSR count). The Morgan fingerprint density at radius 2 is 2.03 bits per heavy atom. The number of nitrogens with zero attached hydrogens (tertiary/aromatic N) is 2. The van der Waals surface area contributed by atoms with Crippen LogP contribution in [0.15, 0.2) is 59.2 Å². The first-order valence-electron chi connectivity index (χ1n) is 11.1. The van der Waals surface area contributed by atoms with Crippen LogP contribution in [0, 0.1) is 0 Å². The smallest absolute Gasteiger partial charge is 0.273 e. The van der Waals surface area contributed by atoms with Gasteiger partial charge >= 0.3 is 0 Å². The molecule has 0 unspecified atom stereocenters. The summed E-state index contributed by atoms with van der Waals surface area (Å²) < 4.78 is 11.2. The molecule has 1 N–H and O–H groups in total. The highest BCUT2D eigenvalue weighted by molar-refractivity contribution is 6.35. The average Bonchev–Trinajstić information content (AvgIpc) is 3.51. The fraction of sp³-hybridized carbons (Fsp3) is 0.360. The summed E-state index contributed by atoms with van der Waals surface area (Å²) in [5, 5.41) is 4.08. The molecule has 1 aliphatic rings. The number of oxazole rings is 1. The average molecular weight is 488 g/mol. The second-order valence-electron chi connectivity index (χ2n) is 8.20. The van der Waals surface area contributed by atoms with Crippen molar-refractivity contribution in [2.45, 2.75) is 45.0 Å². The van der Waals surface area contributed by atoms with Crippen molar-refractivity contribution in [2.24, 2.45) is 0 Å². The third kappa shape index (κ3) is 6.36. The van der Waals surface area contributed by atoms with E-state index in [0.29, 0.717) is 35.6 Å². The lowest BCUT2D eigenvalue weighted by atomic mass is 10.1. The number of hydrogen-bond donors (Lipinski definition) is 1. The van der Waals surface area contributed by atoms with Crippen LogP contribution < -0.4 is 5.32 Å². The molecular formula is C25H27Cl2N3O3. The first-order chi connectivity index (χ1) is 16.0. The molecule has 2 aromatic carbocycles. The first kappa shape index (κ1) is 23.8. The molecule has 8 heteroatoms. The minimum Gasteiger partial charge on any atom is -0.447 e. The van der Waals surface area contributed by atoms with Gasteiger partial charge in [0.05, 0.1) is 12.6 Å². The first-order valence-corrected chi connectivity index (χ1v) is 11.8. The molecule has 1 amide bonds. The van der Waals surface area contributed by atoms with Crippen molar-refractivity contribution < 1.29 is 13.9 Å². The number of hydrogen-bond acceptors (Lipinski definition) is 5. The topological polar surface area (TPSA) is 67.6 Å². The van der Waals surface area contributed by atoms with Gasteiger partial charge in [-0.2, -0.15) is 0 Å². The minimum atomic E-state index is -0.260. The molecular weight excluding hydrogens is 461 g/mol. The monoisotopic (exact) mass is 487 g/mol. The Kier molecular flexibility index (Phi) is 8.04. The molecule has 0 saturated carbocycles. The van der Waals surface area contributed by atoms with Gasteiger partial charge in [0.1, 0.15) is 6.26 Å². The van der Waals surface area contributed by atoms with E-state index in [0.717, 1.165) is 30.6 Å². The molecule has 33 heavy (non-hydrogen) atoms. The highest BCUT2D eigenvalue weighted by atomic mass is 35.5. The number of nitrogens with one attached hydrogen (secondary N) is 1. The number of benzene rings is 2. The van der Waals surface area contributed by atoms with Crippen molar-refractivity contribution >= 4 is 29.1 Å². The standard InChI is InChI=1S/C25H27Cl2N3O3/c1-17(18-6-3-2-4-7-18)30(14-19-9-10-20(26)12-22(19)27)15-24-29-23(16-33-24)25(31)28-13-21-8-5-11-32-21/h2-4,6-7,9-10,12,16-17,21H,5,8,11,13-15H2,1H3,(H,28,31)/t17-,21+/m0/s1. The van der Waals surface area contributed by atoms with Crippen LogP contribution in [0.2, 0.25) is 10.0 Å². The summed E-state index contributed by atoms with van der Waals surface area (Å²) in [6, 6.07) is 15.7. The largest absolute Gasteiger partial charge is 0.447 e. The third-order valence-electron chi connectivity index (χ3n) is 5.86. The van der Waals surface area contributed by atoms with Gasteiger partial charge in [-0.1, -0.05) is 59.6 Å². The maximum Gasteiger partial charge on any atom is 0.273 e. The zero-order valence-electron chi connectivity index (χ0n) is 18.5. The van der Waals surface area contributed by atoms with Crippen molar-refractivity contribution in [1.29, 1.82) is 0 Å². The minimum absolute atomic E-state index is 0.0571. The predicted octanol–water partition coefficient (Wildman–Crippen LogP) is 5.65. The molecule has 174 valence electrons. The van der Waals surface area contributed by atoms with E-state index in [2.05, 4.69) is 34.3 Å². The SMILES string of the molecule is C[C@@H](c1ccccc1)N(Cc1nc(C(=O)NC[C@H]2CCCO2)co1)Cc1ccc(Cl)cc1Cl. The summed E-state index contributed by atoms with van der Waals surface area (Å²) in [6.45, 7) is 4.33. The number of carbonyl (C=O) groups excluding carboxylic acids is 1. The second-order valence-corrected chi connectivity index (χ2v) is 9.04.